The molecule has 0 bridgehead atoms. The smallest absolute Gasteiger partial charge is 0.162 e. The van der Waals surface area contributed by atoms with Gasteiger partial charge in [0.2, 0.25) is 0 Å². The molecule has 0 N–H and O–H groups in total. The van der Waals surface area contributed by atoms with Gasteiger partial charge >= 0.3 is 0 Å². The summed E-state index contributed by atoms with van der Waals surface area (Å²) in [4.78, 5) is 9.92. The van der Waals surface area contributed by atoms with Crippen molar-refractivity contribution in [2.75, 3.05) is 11.8 Å². The van der Waals surface area contributed by atoms with Gasteiger partial charge in [-0.05, 0) is 0 Å². The second-order valence-corrected chi connectivity index (χ2v) is 1.34. The SMILES string of the molecule is Cl.Cl.O=C(CCl)CCl. The summed E-state index contributed by atoms with van der Waals surface area (Å²) in [6.07, 6.45) is 0. The Kier molecular flexibility index (Phi) is 21.4. The first-order valence-electron chi connectivity index (χ1n) is 1.45. The van der Waals surface area contributed by atoms with Gasteiger partial charge in [-0.1, -0.05) is 0 Å². The van der Waals surface area contributed by atoms with Crippen molar-refractivity contribution in [3.8, 4) is 0 Å². The second-order valence-electron chi connectivity index (χ2n) is 0.806. The van der Waals surface area contributed by atoms with Crippen molar-refractivity contribution < 1.29 is 4.79 Å². The first-order chi connectivity index (χ1) is 2.81. The van der Waals surface area contributed by atoms with Crippen LogP contribution in [0.25, 0.3) is 0 Å². The van der Waals surface area contributed by atoms with Crippen LogP contribution < -0.4 is 0 Å². The zero-order valence-corrected chi connectivity index (χ0v) is 7.04. The molecule has 0 aliphatic rings. The fraction of sp³-hybridized carbons (Fsp3) is 0.667. The van der Waals surface area contributed by atoms with Gasteiger partial charge in [-0.15, -0.1) is 48.0 Å². The third kappa shape index (κ3) is 9.95. The molecule has 0 spiro atoms. The zero-order valence-electron chi connectivity index (χ0n) is 3.89. The summed E-state index contributed by atoms with van der Waals surface area (Å²) in [5, 5.41) is 0. The van der Waals surface area contributed by atoms with E-state index in [1.165, 1.54) is 0 Å². The van der Waals surface area contributed by atoms with Gasteiger partial charge in [-0.2, -0.15) is 0 Å². The Balaban J connectivity index is -0.000000125. The molecule has 0 radical (unpaired) electrons. The summed E-state index contributed by atoms with van der Waals surface area (Å²) < 4.78 is 0. The van der Waals surface area contributed by atoms with Gasteiger partial charge < -0.3 is 0 Å². The molecule has 0 aromatic carbocycles. The van der Waals surface area contributed by atoms with Crippen LogP contribution in [0.4, 0.5) is 0 Å². The molecule has 1 nitrogen and oxygen atoms in total. The first-order valence-corrected chi connectivity index (χ1v) is 2.51. The van der Waals surface area contributed by atoms with Gasteiger partial charge in [-0.25, -0.2) is 0 Å². The summed E-state index contributed by atoms with van der Waals surface area (Å²) >= 11 is 10.0. The van der Waals surface area contributed by atoms with E-state index < -0.39 is 0 Å². The summed E-state index contributed by atoms with van der Waals surface area (Å²) in [6, 6.07) is 0. The Bertz CT molecular complexity index is 49.2. The maximum atomic E-state index is 9.92. The summed E-state index contributed by atoms with van der Waals surface area (Å²) in [5.41, 5.74) is 0. The lowest BCUT2D eigenvalue weighted by molar-refractivity contribution is -0.114. The van der Waals surface area contributed by atoms with E-state index in [9.17, 15) is 4.79 Å². The molecule has 8 heavy (non-hydrogen) atoms. The average Bonchev–Trinajstić information content (AvgIpc) is 1.65. The Morgan fingerprint density at radius 3 is 1.38 bits per heavy atom. The Morgan fingerprint density at radius 2 is 1.38 bits per heavy atom. The standard InChI is InChI=1S/C3H4Cl2O.2ClH/c4-1-3(6)2-5;;/h1-2H2;2*1H. The maximum Gasteiger partial charge on any atom is 0.162 e. The lowest BCUT2D eigenvalue weighted by Crippen LogP contribution is -1.98. The van der Waals surface area contributed by atoms with Gasteiger partial charge in [0.1, 0.15) is 0 Å². The highest BCUT2D eigenvalue weighted by Crippen LogP contribution is 1.80. The topological polar surface area (TPSA) is 17.1 Å². The van der Waals surface area contributed by atoms with Crippen molar-refractivity contribution in [1.82, 2.24) is 0 Å². The number of alkyl halides is 2. The highest BCUT2D eigenvalue weighted by atomic mass is 35.5. The minimum Gasteiger partial charge on any atom is -0.297 e. The van der Waals surface area contributed by atoms with Crippen LogP contribution in [-0.4, -0.2) is 17.5 Å². The van der Waals surface area contributed by atoms with Gasteiger partial charge in [0.05, 0.1) is 11.8 Å². The molecule has 52 valence electrons. The van der Waals surface area contributed by atoms with E-state index in [1.54, 1.807) is 0 Å². The predicted octanol–water partition coefficient (Wildman–Crippen LogP) is 1.88. The number of halogens is 4. The Morgan fingerprint density at radius 1 is 1.12 bits per heavy atom. The summed E-state index contributed by atoms with van der Waals surface area (Å²) in [7, 11) is 0. The van der Waals surface area contributed by atoms with E-state index in [-0.39, 0.29) is 42.4 Å². The number of Topliss-reactive ketones (excluding diaryl/α,β-unsaturated/α-hetero) is 1. The minimum atomic E-state index is -0.127. The molecule has 0 unspecified atom stereocenters. The second kappa shape index (κ2) is 10.7. The highest BCUT2D eigenvalue weighted by Gasteiger charge is 1.90. The molecule has 0 aliphatic heterocycles. The Labute approximate surface area is 70.5 Å². The molecule has 0 rings (SSSR count). The summed E-state index contributed by atoms with van der Waals surface area (Å²) in [5.74, 6) is -0.0640. The minimum absolute atomic E-state index is 0. The highest BCUT2D eigenvalue weighted by molar-refractivity contribution is 6.35. The van der Waals surface area contributed by atoms with Gasteiger partial charge in [0.15, 0.2) is 5.78 Å². The summed E-state index contributed by atoms with van der Waals surface area (Å²) in [6.45, 7) is 0. The van der Waals surface area contributed by atoms with Crippen LogP contribution in [-0.2, 0) is 4.79 Å². The van der Waals surface area contributed by atoms with Crippen LogP contribution in [0.2, 0.25) is 0 Å². The third-order valence-electron chi connectivity index (χ3n) is 0.298. The van der Waals surface area contributed by atoms with E-state index in [1.807, 2.05) is 0 Å². The fourth-order valence-corrected chi connectivity index (χ4v) is 0.321. The van der Waals surface area contributed by atoms with Crippen molar-refractivity contribution in [3.63, 3.8) is 0 Å². The number of carbonyl (C=O) groups is 1. The molecule has 0 aromatic heterocycles. The number of hydrogen-bond acceptors (Lipinski definition) is 1. The van der Waals surface area contributed by atoms with Crippen LogP contribution >= 0.6 is 48.0 Å². The normalized spacial score (nSPS) is 6.25. The molecule has 0 heterocycles. The maximum absolute atomic E-state index is 9.92. The number of hydrogen-bond donors (Lipinski definition) is 0. The number of rotatable bonds is 2. The number of ketones is 1. The van der Waals surface area contributed by atoms with Gasteiger partial charge in [0, 0.05) is 0 Å². The van der Waals surface area contributed by atoms with Crippen molar-refractivity contribution in [2.45, 2.75) is 0 Å². The molecule has 0 amide bonds. The van der Waals surface area contributed by atoms with Crippen LogP contribution in [0, 0.1) is 0 Å². The van der Waals surface area contributed by atoms with Crippen LogP contribution in [0.1, 0.15) is 0 Å². The molecule has 0 fully saturated rings. The monoisotopic (exact) mass is 198 g/mol. The predicted molar refractivity (Wildman–Crippen MR) is 40.9 cm³/mol. The van der Waals surface area contributed by atoms with Crippen LogP contribution in [0.3, 0.4) is 0 Å². The van der Waals surface area contributed by atoms with Crippen molar-refractivity contribution in [2.24, 2.45) is 0 Å². The van der Waals surface area contributed by atoms with E-state index in [4.69, 9.17) is 23.2 Å². The van der Waals surface area contributed by atoms with Gasteiger partial charge in [-0.3, -0.25) is 4.79 Å². The molecule has 0 saturated carbocycles. The molecule has 0 aromatic rings. The van der Waals surface area contributed by atoms with E-state index in [0.717, 1.165) is 0 Å². The van der Waals surface area contributed by atoms with Crippen molar-refractivity contribution in [3.05, 3.63) is 0 Å². The van der Waals surface area contributed by atoms with Crippen molar-refractivity contribution in [1.29, 1.82) is 0 Å². The molecule has 5 heteroatoms. The van der Waals surface area contributed by atoms with E-state index in [2.05, 4.69) is 0 Å². The molecule has 0 saturated heterocycles. The molecule has 0 aliphatic carbocycles. The first kappa shape index (κ1) is 15.9. The largest absolute Gasteiger partial charge is 0.297 e. The van der Waals surface area contributed by atoms with E-state index >= 15 is 0 Å². The third-order valence-corrected chi connectivity index (χ3v) is 0.894. The van der Waals surface area contributed by atoms with Crippen LogP contribution in [0.15, 0.2) is 0 Å². The quantitative estimate of drug-likeness (QED) is 0.621. The van der Waals surface area contributed by atoms with E-state index in [0.29, 0.717) is 0 Å². The average molecular weight is 200 g/mol. The lowest BCUT2D eigenvalue weighted by atomic mass is 10.5. The molecule has 0 atom stereocenters. The van der Waals surface area contributed by atoms with Gasteiger partial charge in [0.25, 0.3) is 0 Å². The fourth-order valence-electron chi connectivity index (χ4n) is 0.0357. The molecular formula is C3H6Cl4O. The molecular weight excluding hydrogens is 194 g/mol. The Hall–Kier alpha value is 0.830. The lowest BCUT2D eigenvalue weighted by Gasteiger charge is -1.77. The van der Waals surface area contributed by atoms with Crippen LogP contribution in [0.5, 0.6) is 0 Å². The zero-order chi connectivity index (χ0) is 4.99. The van der Waals surface area contributed by atoms with Crippen molar-refractivity contribution >= 4 is 53.8 Å². The number of carbonyl (C=O) groups excluding carboxylic acids is 1.